The average molecular weight is 548 g/mol. The number of anilines is 1. The van der Waals surface area contributed by atoms with Crippen LogP contribution in [0.2, 0.25) is 0 Å². The molecule has 3 aromatic carbocycles. The average Bonchev–Trinajstić information content (AvgIpc) is 3.00. The maximum absolute atomic E-state index is 13.0. The molecule has 214 valence electrons. The molecule has 8 heteroatoms. The lowest BCUT2D eigenvalue weighted by Gasteiger charge is -2.33. The lowest BCUT2D eigenvalue weighted by atomic mass is 10.0. The molecule has 1 heterocycles. The van der Waals surface area contributed by atoms with E-state index in [1.165, 1.54) is 11.1 Å². The van der Waals surface area contributed by atoms with E-state index in [2.05, 4.69) is 65.7 Å². The van der Waals surface area contributed by atoms with Crippen LogP contribution in [-0.4, -0.2) is 69.0 Å². The summed E-state index contributed by atoms with van der Waals surface area (Å²) in [6, 6.07) is 24.9. The van der Waals surface area contributed by atoms with Crippen molar-refractivity contribution in [3.8, 4) is 17.2 Å². The Bertz CT molecular complexity index is 1130. The van der Waals surface area contributed by atoms with Gasteiger partial charge >= 0.3 is 6.09 Å². The van der Waals surface area contributed by atoms with Gasteiger partial charge in [-0.3, -0.25) is 4.90 Å². The number of piperidine rings is 1. The monoisotopic (exact) mass is 547 g/mol. The number of likely N-dealkylation sites (tertiary alicyclic amines) is 1. The first-order chi connectivity index (χ1) is 19.5. The molecule has 0 aromatic heterocycles. The number of carbonyl (C=O) groups excluding carboxylic acids is 1. The highest BCUT2D eigenvalue weighted by Gasteiger charge is 2.26. The smallest absolute Gasteiger partial charge is 0.409 e. The summed E-state index contributed by atoms with van der Waals surface area (Å²) < 4.78 is 22.2. The molecule has 1 amide bonds. The number of benzene rings is 3. The van der Waals surface area contributed by atoms with Crippen LogP contribution in [-0.2, 0) is 17.8 Å². The summed E-state index contributed by atoms with van der Waals surface area (Å²) in [6.45, 7) is 5.29. The highest BCUT2D eigenvalue weighted by molar-refractivity contribution is 5.68. The first-order valence-corrected chi connectivity index (χ1v) is 13.8. The van der Waals surface area contributed by atoms with Crippen LogP contribution in [0.1, 0.15) is 30.9 Å². The molecule has 0 aliphatic carbocycles. The number of hydrogen-bond acceptors (Lipinski definition) is 7. The van der Waals surface area contributed by atoms with Crippen molar-refractivity contribution in [2.75, 3.05) is 46.3 Å². The number of nitrogens with one attached hydrogen (secondary N) is 1. The summed E-state index contributed by atoms with van der Waals surface area (Å²) in [7, 11) is 4.80. The Morgan fingerprint density at radius 2 is 1.40 bits per heavy atom. The summed E-state index contributed by atoms with van der Waals surface area (Å²) in [5, 5.41) is 3.55. The third-order valence-corrected chi connectivity index (χ3v) is 7.32. The van der Waals surface area contributed by atoms with Crippen LogP contribution in [0.3, 0.4) is 0 Å². The molecular formula is C32H41N3O5. The quantitative estimate of drug-likeness (QED) is 0.307. The molecule has 1 N–H and O–H groups in total. The lowest BCUT2D eigenvalue weighted by molar-refractivity contribution is 0.0595. The van der Waals surface area contributed by atoms with Crippen molar-refractivity contribution in [2.45, 2.75) is 44.9 Å². The van der Waals surface area contributed by atoms with Gasteiger partial charge in [0.25, 0.3) is 0 Å². The molecule has 1 unspecified atom stereocenters. The van der Waals surface area contributed by atoms with E-state index in [1.54, 1.807) is 26.2 Å². The molecule has 1 saturated heterocycles. The van der Waals surface area contributed by atoms with Crippen molar-refractivity contribution in [1.29, 1.82) is 0 Å². The van der Waals surface area contributed by atoms with E-state index < -0.39 is 0 Å². The number of amides is 1. The molecule has 0 spiro atoms. The van der Waals surface area contributed by atoms with Crippen molar-refractivity contribution in [3.05, 3.63) is 83.9 Å². The molecule has 0 saturated carbocycles. The van der Waals surface area contributed by atoms with Crippen LogP contribution < -0.4 is 19.5 Å². The number of rotatable bonds is 12. The zero-order valence-corrected chi connectivity index (χ0v) is 24.0. The molecule has 40 heavy (non-hydrogen) atoms. The molecule has 4 rings (SSSR count). The molecular weight excluding hydrogens is 506 g/mol. The number of ether oxygens (including phenoxy) is 4. The number of nitrogens with zero attached hydrogens (tertiary/aromatic N) is 2. The Morgan fingerprint density at radius 3 is 1.88 bits per heavy atom. The van der Waals surface area contributed by atoms with Gasteiger partial charge in [-0.2, -0.15) is 0 Å². The Labute approximate surface area is 237 Å². The summed E-state index contributed by atoms with van der Waals surface area (Å²) in [5.41, 5.74) is 3.36. The topological polar surface area (TPSA) is 72.5 Å². The van der Waals surface area contributed by atoms with E-state index in [4.69, 9.17) is 18.9 Å². The molecule has 0 radical (unpaired) electrons. The fourth-order valence-corrected chi connectivity index (χ4v) is 5.00. The van der Waals surface area contributed by atoms with Gasteiger partial charge in [0.15, 0.2) is 11.5 Å². The third kappa shape index (κ3) is 7.82. The molecule has 3 aromatic rings. The Hall–Kier alpha value is -3.91. The zero-order chi connectivity index (χ0) is 28.3. The molecule has 0 bridgehead atoms. The van der Waals surface area contributed by atoms with Crippen molar-refractivity contribution in [1.82, 2.24) is 9.80 Å². The predicted molar refractivity (Wildman–Crippen MR) is 157 cm³/mol. The minimum absolute atomic E-state index is 0.0589. The van der Waals surface area contributed by atoms with E-state index >= 15 is 0 Å². The Morgan fingerprint density at radius 1 is 0.875 bits per heavy atom. The predicted octanol–water partition coefficient (Wildman–Crippen LogP) is 5.82. The summed E-state index contributed by atoms with van der Waals surface area (Å²) in [5.74, 6) is 1.77. The normalized spacial score (nSPS) is 14.5. The largest absolute Gasteiger partial charge is 0.493 e. The third-order valence-electron chi connectivity index (χ3n) is 7.32. The van der Waals surface area contributed by atoms with Crippen molar-refractivity contribution >= 4 is 11.8 Å². The van der Waals surface area contributed by atoms with Gasteiger partial charge in [0, 0.05) is 56.1 Å². The van der Waals surface area contributed by atoms with Gasteiger partial charge in [0.1, 0.15) is 6.61 Å². The second kappa shape index (κ2) is 14.5. The molecule has 1 fully saturated rings. The SMILES string of the molecule is COc1cc(NC2CCN(C(=O)OCC(C)N(Cc3ccccc3)Cc3ccccc3)CC2)cc(OC)c1OC. The highest BCUT2D eigenvalue weighted by Crippen LogP contribution is 2.40. The van der Waals surface area contributed by atoms with E-state index in [1.807, 2.05) is 24.3 Å². The first kappa shape index (κ1) is 29.1. The second-order valence-corrected chi connectivity index (χ2v) is 10.1. The fraction of sp³-hybridized carbons (Fsp3) is 0.406. The van der Waals surface area contributed by atoms with Gasteiger partial charge in [0.05, 0.1) is 21.3 Å². The van der Waals surface area contributed by atoms with Crippen LogP contribution in [0.5, 0.6) is 17.2 Å². The van der Waals surface area contributed by atoms with E-state index in [9.17, 15) is 4.79 Å². The maximum atomic E-state index is 13.0. The number of hydrogen-bond donors (Lipinski definition) is 1. The maximum Gasteiger partial charge on any atom is 0.409 e. The highest BCUT2D eigenvalue weighted by atomic mass is 16.6. The molecule has 1 aliphatic heterocycles. The standard InChI is InChI=1S/C32H41N3O5/c1-24(35(21-25-11-7-5-8-12-25)22-26-13-9-6-10-14-26)23-40-32(36)34-17-15-27(16-18-34)33-28-19-29(37-2)31(39-4)30(20-28)38-3/h5-14,19-20,24,27,33H,15-18,21-23H2,1-4H3. The first-order valence-electron chi connectivity index (χ1n) is 13.8. The van der Waals surface area contributed by atoms with Crippen LogP contribution >= 0.6 is 0 Å². The zero-order valence-electron chi connectivity index (χ0n) is 24.0. The minimum Gasteiger partial charge on any atom is -0.493 e. The van der Waals surface area contributed by atoms with E-state index in [0.717, 1.165) is 31.6 Å². The van der Waals surface area contributed by atoms with Gasteiger partial charge < -0.3 is 29.2 Å². The second-order valence-electron chi connectivity index (χ2n) is 10.1. The van der Waals surface area contributed by atoms with Gasteiger partial charge in [-0.05, 0) is 30.9 Å². The molecule has 1 atom stereocenters. The van der Waals surface area contributed by atoms with Gasteiger partial charge in [-0.1, -0.05) is 60.7 Å². The summed E-state index contributed by atoms with van der Waals surface area (Å²) in [4.78, 5) is 17.1. The minimum atomic E-state index is -0.252. The van der Waals surface area contributed by atoms with Crippen molar-refractivity contribution in [2.24, 2.45) is 0 Å². The molecule has 1 aliphatic rings. The van der Waals surface area contributed by atoms with Crippen LogP contribution in [0.15, 0.2) is 72.8 Å². The number of methoxy groups -OCH3 is 3. The molecule has 8 nitrogen and oxygen atoms in total. The summed E-state index contributed by atoms with van der Waals surface area (Å²) >= 11 is 0. The summed E-state index contributed by atoms with van der Waals surface area (Å²) in [6.07, 6.45) is 1.38. The van der Waals surface area contributed by atoms with Crippen molar-refractivity contribution in [3.63, 3.8) is 0 Å². The van der Waals surface area contributed by atoms with Crippen molar-refractivity contribution < 1.29 is 23.7 Å². The van der Waals surface area contributed by atoms with Crippen LogP contribution in [0.25, 0.3) is 0 Å². The van der Waals surface area contributed by atoms with Crippen LogP contribution in [0, 0.1) is 0 Å². The van der Waals surface area contributed by atoms with E-state index in [-0.39, 0.29) is 18.2 Å². The Kier molecular flexibility index (Phi) is 10.5. The van der Waals surface area contributed by atoms with E-state index in [0.29, 0.717) is 36.9 Å². The van der Waals surface area contributed by atoms with Gasteiger partial charge in [-0.25, -0.2) is 4.79 Å². The van der Waals surface area contributed by atoms with Gasteiger partial charge in [-0.15, -0.1) is 0 Å². The number of carbonyl (C=O) groups is 1. The Balaban J connectivity index is 1.29. The van der Waals surface area contributed by atoms with Gasteiger partial charge in [0.2, 0.25) is 5.75 Å². The van der Waals surface area contributed by atoms with Crippen LogP contribution in [0.4, 0.5) is 10.5 Å². The fourth-order valence-electron chi connectivity index (χ4n) is 5.00. The lowest BCUT2D eigenvalue weighted by Crippen LogP contribution is -2.44.